The summed E-state index contributed by atoms with van der Waals surface area (Å²) in [7, 11) is 1.83. The molecule has 9 nitrogen and oxygen atoms in total. The fourth-order valence-electron chi connectivity index (χ4n) is 5.52. The molecule has 3 aliphatic rings. The van der Waals surface area contributed by atoms with Gasteiger partial charge in [-0.1, -0.05) is 18.2 Å². The van der Waals surface area contributed by atoms with Crippen molar-refractivity contribution in [2.24, 2.45) is 7.05 Å². The highest BCUT2D eigenvalue weighted by atomic mass is 19.3. The summed E-state index contributed by atoms with van der Waals surface area (Å²) < 4.78 is 33.7. The smallest absolute Gasteiger partial charge is 0.329 e. The first-order chi connectivity index (χ1) is 18.5. The van der Waals surface area contributed by atoms with E-state index in [1.165, 1.54) is 4.90 Å². The minimum absolute atomic E-state index is 0.224. The summed E-state index contributed by atoms with van der Waals surface area (Å²) in [4.78, 5) is 37.3. The molecule has 0 spiro atoms. The van der Waals surface area contributed by atoms with Crippen molar-refractivity contribution in [2.45, 2.75) is 63.8 Å². The van der Waals surface area contributed by atoms with Gasteiger partial charge in [0.1, 0.15) is 23.4 Å². The number of anilines is 1. The van der Waals surface area contributed by atoms with E-state index in [1.54, 1.807) is 6.20 Å². The van der Waals surface area contributed by atoms with Gasteiger partial charge in [-0.25, -0.2) is 23.5 Å². The lowest BCUT2D eigenvalue weighted by molar-refractivity contribution is -0.134. The summed E-state index contributed by atoms with van der Waals surface area (Å²) in [5.41, 5.74) is 3.55. The van der Waals surface area contributed by atoms with Gasteiger partial charge in [-0.15, -0.1) is 0 Å². The zero-order chi connectivity index (χ0) is 27.5. The molecule has 0 bridgehead atoms. The van der Waals surface area contributed by atoms with Crippen LogP contribution >= 0.6 is 0 Å². The Balaban J connectivity index is 1.17. The second-order valence-corrected chi connectivity index (χ2v) is 11.0. The topological polar surface area (TPSA) is 92.6 Å². The monoisotopic (exact) mass is 536 g/mol. The summed E-state index contributed by atoms with van der Waals surface area (Å²) in [5, 5.41) is 2.34. The Hall–Kier alpha value is -3.86. The molecule has 3 amide bonds. The van der Waals surface area contributed by atoms with E-state index in [1.807, 2.05) is 41.9 Å². The van der Waals surface area contributed by atoms with Crippen molar-refractivity contribution in [1.82, 2.24) is 24.8 Å². The van der Waals surface area contributed by atoms with Gasteiger partial charge in [0.15, 0.2) is 5.82 Å². The van der Waals surface area contributed by atoms with Gasteiger partial charge >= 0.3 is 6.03 Å². The lowest BCUT2D eigenvalue weighted by Crippen LogP contribution is -2.50. The van der Waals surface area contributed by atoms with E-state index in [0.29, 0.717) is 36.2 Å². The van der Waals surface area contributed by atoms with E-state index in [-0.39, 0.29) is 30.7 Å². The second-order valence-electron chi connectivity index (χ2n) is 11.0. The fourth-order valence-corrected chi connectivity index (χ4v) is 5.52. The molecule has 4 heterocycles. The number of alkyl halides is 2. The van der Waals surface area contributed by atoms with Crippen LogP contribution in [-0.2, 0) is 30.5 Å². The molecule has 204 valence electrons. The van der Waals surface area contributed by atoms with Crippen LogP contribution in [0.1, 0.15) is 49.9 Å². The minimum Gasteiger partial charge on any atom is -0.490 e. The van der Waals surface area contributed by atoms with Gasteiger partial charge < -0.3 is 9.30 Å². The SMILES string of the molecule is Cn1c(N2CCC(=O)NC2=O)cnc1-c1ccc2c(n1)C(C)(C)N(Cc1ccc(OC3CC(F)(F)C3)cc1)C2. The Kier molecular flexibility index (Phi) is 5.94. The van der Waals surface area contributed by atoms with Gasteiger partial charge in [-0.05, 0) is 43.2 Å². The maximum Gasteiger partial charge on any atom is 0.329 e. The number of halogens is 2. The first-order valence-electron chi connectivity index (χ1n) is 13.0. The first-order valence-corrected chi connectivity index (χ1v) is 13.0. The van der Waals surface area contributed by atoms with Crippen LogP contribution in [0.5, 0.6) is 5.75 Å². The number of nitrogens with zero attached hydrogens (tertiary/aromatic N) is 5. The van der Waals surface area contributed by atoms with Crippen molar-refractivity contribution in [1.29, 1.82) is 0 Å². The molecule has 6 rings (SSSR count). The number of nitrogens with one attached hydrogen (secondary N) is 1. The lowest BCUT2D eigenvalue weighted by Gasteiger charge is -2.35. The summed E-state index contributed by atoms with van der Waals surface area (Å²) >= 11 is 0. The van der Waals surface area contributed by atoms with Crippen LogP contribution in [-0.4, -0.2) is 49.9 Å². The Morgan fingerprint density at radius 2 is 1.85 bits per heavy atom. The van der Waals surface area contributed by atoms with Crippen molar-refractivity contribution in [3.05, 3.63) is 59.4 Å². The van der Waals surface area contributed by atoms with Crippen molar-refractivity contribution in [3.63, 3.8) is 0 Å². The molecule has 2 fully saturated rings. The quantitative estimate of drug-likeness (QED) is 0.504. The van der Waals surface area contributed by atoms with Gasteiger partial charge in [-0.2, -0.15) is 0 Å². The molecule has 3 aromatic rings. The number of carbonyl (C=O) groups excluding carboxylic acids is 2. The second kappa shape index (κ2) is 9.11. The molecule has 1 N–H and O–H groups in total. The van der Waals surface area contributed by atoms with Crippen LogP contribution in [0.4, 0.5) is 19.4 Å². The average molecular weight is 537 g/mol. The van der Waals surface area contributed by atoms with Crippen molar-refractivity contribution in [3.8, 4) is 17.3 Å². The molecule has 1 saturated carbocycles. The summed E-state index contributed by atoms with van der Waals surface area (Å²) in [6.45, 7) is 6.01. The molecule has 0 radical (unpaired) electrons. The summed E-state index contributed by atoms with van der Waals surface area (Å²) in [6.07, 6.45) is 0.994. The third-order valence-electron chi connectivity index (χ3n) is 7.89. The molecule has 0 atom stereocenters. The van der Waals surface area contributed by atoms with Crippen LogP contribution < -0.4 is 15.0 Å². The predicted molar refractivity (Wildman–Crippen MR) is 139 cm³/mol. The average Bonchev–Trinajstić information content (AvgIpc) is 3.35. The minimum atomic E-state index is -2.60. The van der Waals surface area contributed by atoms with Gasteiger partial charge in [0.2, 0.25) is 5.91 Å². The number of pyridine rings is 1. The van der Waals surface area contributed by atoms with Gasteiger partial charge in [0, 0.05) is 45.9 Å². The summed E-state index contributed by atoms with van der Waals surface area (Å²) in [6, 6.07) is 11.2. The fraction of sp³-hybridized carbons (Fsp3) is 0.429. The molecular weight excluding hydrogens is 506 g/mol. The molecular formula is C28H30F2N6O3. The van der Waals surface area contributed by atoms with Gasteiger partial charge in [0.05, 0.1) is 17.4 Å². The van der Waals surface area contributed by atoms with Crippen molar-refractivity contribution >= 4 is 17.8 Å². The van der Waals surface area contributed by atoms with E-state index in [9.17, 15) is 18.4 Å². The number of ether oxygens (including phenoxy) is 1. The molecule has 2 aromatic heterocycles. The Labute approximate surface area is 224 Å². The maximum absolute atomic E-state index is 13.1. The number of amides is 3. The zero-order valence-electron chi connectivity index (χ0n) is 22.1. The van der Waals surface area contributed by atoms with E-state index in [4.69, 9.17) is 9.72 Å². The molecule has 1 aromatic carbocycles. The molecule has 1 aliphatic carbocycles. The normalized spacial score (nSPS) is 20.5. The Morgan fingerprint density at radius 1 is 1.10 bits per heavy atom. The molecule has 2 aliphatic heterocycles. The number of imidazole rings is 1. The molecule has 39 heavy (non-hydrogen) atoms. The number of fused-ring (bicyclic) bond motifs is 1. The zero-order valence-corrected chi connectivity index (χ0v) is 22.1. The van der Waals surface area contributed by atoms with Crippen LogP contribution in [0.3, 0.4) is 0 Å². The number of aromatic nitrogens is 3. The van der Waals surface area contributed by atoms with Crippen LogP contribution in [0.25, 0.3) is 11.5 Å². The number of carbonyl (C=O) groups is 2. The van der Waals surface area contributed by atoms with Crippen LogP contribution in [0.15, 0.2) is 42.6 Å². The van der Waals surface area contributed by atoms with E-state index in [2.05, 4.69) is 35.1 Å². The van der Waals surface area contributed by atoms with Crippen LogP contribution in [0.2, 0.25) is 0 Å². The predicted octanol–water partition coefficient (Wildman–Crippen LogP) is 4.36. The summed E-state index contributed by atoms with van der Waals surface area (Å²) in [5.74, 6) is -1.05. The highest BCUT2D eigenvalue weighted by Crippen LogP contribution is 2.41. The van der Waals surface area contributed by atoms with E-state index >= 15 is 0 Å². The molecule has 11 heteroatoms. The number of benzene rings is 1. The van der Waals surface area contributed by atoms with E-state index < -0.39 is 18.1 Å². The third kappa shape index (κ3) is 4.64. The largest absolute Gasteiger partial charge is 0.490 e. The lowest BCUT2D eigenvalue weighted by atomic mass is 9.91. The number of urea groups is 1. The molecule has 0 unspecified atom stereocenters. The Morgan fingerprint density at radius 3 is 2.54 bits per heavy atom. The van der Waals surface area contributed by atoms with Gasteiger partial charge in [-0.3, -0.25) is 19.9 Å². The Bertz CT molecular complexity index is 1440. The van der Waals surface area contributed by atoms with Crippen molar-refractivity contribution < 1.29 is 23.1 Å². The number of rotatable bonds is 6. The number of imide groups is 1. The van der Waals surface area contributed by atoms with Gasteiger partial charge in [0.25, 0.3) is 5.92 Å². The first kappa shape index (κ1) is 25.4. The standard InChI is InChI=1S/C28H30F2N6O3/c1-27(2)24-18(16-35(27)15-17-4-7-19(8-5-17)39-20-12-28(29,30)13-20)6-9-21(32-24)25-31-14-23(34(25)3)36-11-10-22(37)33-26(36)38/h4-9,14,20H,10-13,15-16H2,1-3H3,(H,33,37,38). The molecule has 1 saturated heterocycles. The van der Waals surface area contributed by atoms with E-state index in [0.717, 1.165) is 23.4 Å². The number of hydrogen-bond acceptors (Lipinski definition) is 6. The number of hydrogen-bond donors (Lipinski definition) is 1. The highest BCUT2D eigenvalue weighted by Gasteiger charge is 2.47. The third-order valence-corrected chi connectivity index (χ3v) is 7.89. The maximum atomic E-state index is 13.1. The van der Waals surface area contributed by atoms with Crippen LogP contribution in [0, 0.1) is 0 Å². The van der Waals surface area contributed by atoms with Crippen molar-refractivity contribution in [2.75, 3.05) is 11.4 Å². The highest BCUT2D eigenvalue weighted by molar-refractivity contribution is 6.05.